The number of aromatic carboxylic acids is 1. The minimum absolute atomic E-state index is 0. The first-order valence-electron chi connectivity index (χ1n) is 4.62. The summed E-state index contributed by atoms with van der Waals surface area (Å²) in [5.74, 6) is -2.39. The summed E-state index contributed by atoms with van der Waals surface area (Å²) in [6.07, 6.45) is 0. The minimum atomic E-state index is -4.53. The zero-order chi connectivity index (χ0) is 14.1. The van der Waals surface area contributed by atoms with Gasteiger partial charge in [-0.15, -0.1) is 0 Å². The molecule has 0 saturated heterocycles. The SMILES string of the molecule is COC(=O)c1cc(S(=O)(=O)O)cc(C)c1C(=O)O.[H-].[Na+]. The van der Waals surface area contributed by atoms with Gasteiger partial charge in [-0.05, 0) is 24.6 Å². The van der Waals surface area contributed by atoms with Crippen LogP contribution in [0.2, 0.25) is 0 Å². The van der Waals surface area contributed by atoms with Crippen LogP contribution >= 0.6 is 0 Å². The first-order chi connectivity index (χ1) is 8.18. The molecule has 100 valence electrons. The van der Waals surface area contributed by atoms with E-state index in [2.05, 4.69) is 4.74 Å². The van der Waals surface area contributed by atoms with Crippen LogP contribution in [0, 0.1) is 6.92 Å². The van der Waals surface area contributed by atoms with Gasteiger partial charge in [0.1, 0.15) is 0 Å². The number of aryl methyl sites for hydroxylation is 1. The molecule has 7 nitrogen and oxygen atoms in total. The van der Waals surface area contributed by atoms with E-state index >= 15 is 0 Å². The Hall–Kier alpha value is -0.930. The molecule has 0 heterocycles. The van der Waals surface area contributed by atoms with Crippen molar-refractivity contribution in [3.63, 3.8) is 0 Å². The van der Waals surface area contributed by atoms with Gasteiger partial charge < -0.3 is 11.3 Å². The maximum Gasteiger partial charge on any atom is 1.00 e. The first kappa shape index (κ1) is 18.1. The van der Waals surface area contributed by atoms with E-state index in [9.17, 15) is 18.0 Å². The number of carbonyl (C=O) groups excluding carboxylic acids is 1. The molecule has 1 rings (SSSR count). The molecule has 19 heavy (non-hydrogen) atoms. The zero-order valence-corrected chi connectivity index (χ0v) is 13.3. The third-order valence-electron chi connectivity index (χ3n) is 2.23. The van der Waals surface area contributed by atoms with Crippen LogP contribution in [-0.4, -0.2) is 37.1 Å². The maximum atomic E-state index is 11.4. The summed E-state index contributed by atoms with van der Waals surface area (Å²) >= 11 is 0. The van der Waals surface area contributed by atoms with Gasteiger partial charge in [0.15, 0.2) is 0 Å². The van der Waals surface area contributed by atoms with Crippen LogP contribution in [0.3, 0.4) is 0 Å². The smallest absolute Gasteiger partial charge is 1.00 e. The number of rotatable bonds is 3. The van der Waals surface area contributed by atoms with E-state index in [-0.39, 0.29) is 42.1 Å². The largest absolute Gasteiger partial charge is 1.00 e. The van der Waals surface area contributed by atoms with Crippen molar-refractivity contribution in [3.05, 3.63) is 28.8 Å². The fraction of sp³-hybridized carbons (Fsp3) is 0.200. The number of hydrogen-bond donors (Lipinski definition) is 2. The second-order valence-corrected chi connectivity index (χ2v) is 4.86. The molecule has 0 aliphatic heterocycles. The maximum absolute atomic E-state index is 11.4. The number of carboxylic acid groups (broad SMARTS) is 1. The van der Waals surface area contributed by atoms with Crippen LogP contribution in [0.1, 0.15) is 27.7 Å². The molecular weight excluding hydrogens is 287 g/mol. The zero-order valence-electron chi connectivity index (χ0n) is 11.5. The van der Waals surface area contributed by atoms with Gasteiger partial charge in [0.2, 0.25) is 0 Å². The average molecular weight is 298 g/mol. The van der Waals surface area contributed by atoms with Crippen molar-refractivity contribution < 1.29 is 63.4 Å². The summed E-state index contributed by atoms with van der Waals surface area (Å²) in [6.45, 7) is 1.31. The molecule has 1 aromatic rings. The van der Waals surface area contributed by atoms with E-state index in [1.807, 2.05) is 0 Å². The third kappa shape index (κ3) is 4.02. The molecule has 0 radical (unpaired) electrons. The van der Waals surface area contributed by atoms with Crippen LogP contribution in [0.5, 0.6) is 0 Å². The molecule has 0 spiro atoms. The summed E-state index contributed by atoms with van der Waals surface area (Å²) in [4.78, 5) is 21.8. The number of ether oxygens (including phenoxy) is 1. The van der Waals surface area contributed by atoms with Crippen molar-refractivity contribution in [1.82, 2.24) is 0 Å². The van der Waals surface area contributed by atoms with Gasteiger partial charge in [0.05, 0.1) is 23.1 Å². The Bertz CT molecular complexity index is 627. The van der Waals surface area contributed by atoms with Crippen LogP contribution in [0.4, 0.5) is 0 Å². The average Bonchev–Trinajstić information content (AvgIpc) is 2.25. The van der Waals surface area contributed by atoms with Crippen molar-refractivity contribution in [2.75, 3.05) is 7.11 Å². The molecule has 1 aromatic carbocycles. The Balaban J connectivity index is 0. The van der Waals surface area contributed by atoms with Crippen molar-refractivity contribution >= 4 is 22.1 Å². The standard InChI is InChI=1S/C10H10O7S.Na.H/c1-5-3-6(18(14,15)16)4-7(10(13)17-2)8(5)9(11)12;;/h3-4H,1-2H3,(H,11,12)(H,14,15,16);;/q;+1;-1. The number of carboxylic acids is 1. The number of methoxy groups -OCH3 is 1. The van der Waals surface area contributed by atoms with Crippen LogP contribution in [0.15, 0.2) is 17.0 Å². The van der Waals surface area contributed by atoms with Gasteiger partial charge in [-0.25, -0.2) is 9.59 Å². The van der Waals surface area contributed by atoms with Crippen LogP contribution in [0.25, 0.3) is 0 Å². The predicted octanol–water partition coefficient (Wildman–Crippen LogP) is -2.16. The molecule has 0 atom stereocenters. The van der Waals surface area contributed by atoms with Gasteiger partial charge in [-0.3, -0.25) is 4.55 Å². The topological polar surface area (TPSA) is 118 Å². The Morgan fingerprint density at radius 1 is 1.32 bits per heavy atom. The van der Waals surface area contributed by atoms with E-state index in [0.29, 0.717) is 0 Å². The van der Waals surface area contributed by atoms with E-state index in [1.54, 1.807) is 0 Å². The van der Waals surface area contributed by atoms with Gasteiger partial charge in [-0.1, -0.05) is 0 Å². The van der Waals surface area contributed by atoms with Crippen molar-refractivity contribution in [2.45, 2.75) is 11.8 Å². The van der Waals surface area contributed by atoms with E-state index in [0.717, 1.165) is 19.2 Å². The molecular formula is C10H11NaO7S. The van der Waals surface area contributed by atoms with Crippen LogP contribution in [-0.2, 0) is 14.9 Å². The summed E-state index contributed by atoms with van der Waals surface area (Å²) in [5.41, 5.74) is -0.773. The first-order valence-corrected chi connectivity index (χ1v) is 6.06. The minimum Gasteiger partial charge on any atom is -1.00 e. The fourth-order valence-electron chi connectivity index (χ4n) is 1.46. The number of esters is 1. The van der Waals surface area contributed by atoms with Gasteiger partial charge in [-0.2, -0.15) is 8.42 Å². The predicted molar refractivity (Wildman–Crippen MR) is 60.4 cm³/mol. The van der Waals surface area contributed by atoms with Crippen molar-refractivity contribution in [1.29, 1.82) is 0 Å². The summed E-state index contributed by atoms with van der Waals surface area (Å²) in [7, 11) is -3.50. The summed E-state index contributed by atoms with van der Waals surface area (Å²) < 4.78 is 35.2. The second-order valence-electron chi connectivity index (χ2n) is 3.43. The van der Waals surface area contributed by atoms with Crippen molar-refractivity contribution in [2.24, 2.45) is 0 Å². The molecule has 0 fully saturated rings. The molecule has 0 unspecified atom stereocenters. The molecule has 0 bridgehead atoms. The van der Waals surface area contributed by atoms with Gasteiger partial charge in [0.25, 0.3) is 10.1 Å². The Labute approximate surface area is 133 Å². The molecule has 0 saturated carbocycles. The molecule has 0 aromatic heterocycles. The Morgan fingerprint density at radius 3 is 2.21 bits per heavy atom. The van der Waals surface area contributed by atoms with E-state index in [4.69, 9.17) is 9.66 Å². The molecule has 9 heteroatoms. The molecule has 2 N–H and O–H groups in total. The monoisotopic (exact) mass is 298 g/mol. The second kappa shape index (κ2) is 6.49. The summed E-state index contributed by atoms with van der Waals surface area (Å²) in [5, 5.41) is 8.96. The molecule has 0 aliphatic rings. The third-order valence-corrected chi connectivity index (χ3v) is 3.06. The van der Waals surface area contributed by atoms with E-state index in [1.165, 1.54) is 6.92 Å². The van der Waals surface area contributed by atoms with Crippen LogP contribution < -0.4 is 29.6 Å². The molecule has 0 aliphatic carbocycles. The van der Waals surface area contributed by atoms with Crippen molar-refractivity contribution in [3.8, 4) is 0 Å². The van der Waals surface area contributed by atoms with Gasteiger partial charge in [0, 0.05) is 0 Å². The normalized spacial score (nSPS) is 10.5. The Kier molecular flexibility index (Phi) is 6.17. The number of benzene rings is 1. The number of hydrogen-bond acceptors (Lipinski definition) is 5. The van der Waals surface area contributed by atoms with Gasteiger partial charge >= 0.3 is 41.5 Å². The Morgan fingerprint density at radius 2 is 1.84 bits per heavy atom. The summed E-state index contributed by atoms with van der Waals surface area (Å²) in [6, 6.07) is 1.73. The molecule has 0 amide bonds. The fourth-order valence-corrected chi connectivity index (χ4v) is 2.05. The quantitative estimate of drug-likeness (QED) is 0.371. The van der Waals surface area contributed by atoms with E-state index < -0.39 is 32.5 Å². The number of carbonyl (C=O) groups is 2.